The maximum atomic E-state index is 3.33. The van der Waals surface area contributed by atoms with Crippen molar-refractivity contribution in [1.29, 1.82) is 0 Å². The van der Waals surface area contributed by atoms with Gasteiger partial charge in [-0.2, -0.15) is 0 Å². The number of hydrogen-bond donors (Lipinski definition) is 0. The zero-order valence-corrected chi connectivity index (χ0v) is 11.7. The molecule has 0 aliphatic rings. The summed E-state index contributed by atoms with van der Waals surface area (Å²) >= 11 is 0. The number of hydrogen-bond acceptors (Lipinski definition) is 0. The van der Waals surface area contributed by atoms with Crippen molar-refractivity contribution in [2.45, 2.75) is 19.8 Å². The van der Waals surface area contributed by atoms with Gasteiger partial charge in [-0.3, -0.25) is 0 Å². The lowest BCUT2D eigenvalue weighted by Gasteiger charge is -2.03. The van der Waals surface area contributed by atoms with Crippen molar-refractivity contribution in [3.05, 3.63) is 93.6 Å². The molecule has 0 unspecified atom stereocenters. The van der Waals surface area contributed by atoms with Crippen molar-refractivity contribution in [2.75, 3.05) is 0 Å². The van der Waals surface area contributed by atoms with Gasteiger partial charge in [-0.05, 0) is 69.8 Å². The minimum atomic E-state index is 0.543. The van der Waals surface area contributed by atoms with Crippen LogP contribution in [0.1, 0.15) is 30.9 Å². The molecule has 0 heteroatoms. The van der Waals surface area contributed by atoms with Crippen molar-refractivity contribution < 1.29 is 0 Å². The van der Waals surface area contributed by atoms with E-state index < -0.39 is 0 Å². The average molecular weight is 254 g/mol. The van der Waals surface area contributed by atoms with Crippen LogP contribution in [0.3, 0.4) is 0 Å². The van der Waals surface area contributed by atoms with Crippen LogP contribution in [-0.2, 0) is 0 Å². The van der Waals surface area contributed by atoms with Crippen LogP contribution in [0.4, 0.5) is 0 Å². The Balaban J connectivity index is 3.01. The largest absolute Gasteiger partial charge is 0.0687 e. The molecule has 1 aromatic carbocycles. The molecule has 0 fully saturated rings. The highest BCUT2D eigenvalue weighted by Gasteiger charge is 1.96. The normalized spacial score (nSPS) is 7.35. The molecule has 0 amide bonds. The molecule has 0 spiro atoms. The molecule has 0 aliphatic heterocycles. The Morgan fingerprint density at radius 3 is 1.95 bits per heavy atom. The topological polar surface area (TPSA) is 0 Å². The maximum absolute atomic E-state index is 3.33. The maximum Gasteiger partial charge on any atom is -0.000000686 e. The summed E-state index contributed by atoms with van der Waals surface area (Å²) in [6.45, 7) is 7.68. The first-order valence-corrected chi connectivity index (χ1v) is 6.20. The second-order valence-electron chi connectivity index (χ2n) is 4.16. The molecule has 1 rings (SSSR count). The van der Waals surface area contributed by atoms with Crippen LogP contribution in [0.25, 0.3) is 6.08 Å². The van der Waals surface area contributed by atoms with Crippen LogP contribution in [0.5, 0.6) is 0 Å². The number of rotatable bonds is 2. The van der Waals surface area contributed by atoms with Crippen molar-refractivity contribution in [1.82, 2.24) is 0 Å². The van der Waals surface area contributed by atoms with Gasteiger partial charge in [0.1, 0.15) is 0 Å². The second-order valence-corrected chi connectivity index (χ2v) is 4.16. The third kappa shape index (κ3) is 6.06. The van der Waals surface area contributed by atoms with Gasteiger partial charge in [-0.1, -0.05) is 49.6 Å². The smallest absolute Gasteiger partial charge is 0.000000686 e. The fourth-order valence-electron chi connectivity index (χ4n) is 1.33. The van der Waals surface area contributed by atoms with Gasteiger partial charge in [0.2, 0.25) is 0 Å². The van der Waals surface area contributed by atoms with E-state index in [4.69, 9.17) is 0 Å². The van der Waals surface area contributed by atoms with E-state index in [0.29, 0.717) is 5.92 Å². The van der Waals surface area contributed by atoms with Crippen LogP contribution in [0, 0.1) is 0 Å². The quantitative estimate of drug-likeness (QED) is 0.662. The minimum absolute atomic E-state index is 0.543. The summed E-state index contributed by atoms with van der Waals surface area (Å²) in [4.78, 5) is 0. The molecule has 0 aromatic heterocycles. The third-order valence-corrected chi connectivity index (χ3v) is 2.38. The molecule has 0 heterocycles. The highest BCUT2D eigenvalue weighted by molar-refractivity contribution is 5.49. The van der Waals surface area contributed by atoms with E-state index in [1.54, 1.807) is 0 Å². The Bertz CT molecular complexity index is 791. The summed E-state index contributed by atoms with van der Waals surface area (Å²) in [6.07, 6.45) is 1.83. The molecular weight excluding hydrogens is 240 g/mol. The molecule has 0 N–H and O–H groups in total. The zero-order chi connectivity index (χ0) is 14.6. The Morgan fingerprint density at radius 2 is 1.40 bits per heavy atom. The van der Waals surface area contributed by atoms with Gasteiger partial charge in [0.15, 0.2) is 0 Å². The molecule has 94 valence electrons. The van der Waals surface area contributed by atoms with E-state index in [1.165, 1.54) is 5.56 Å². The van der Waals surface area contributed by atoms with Crippen LogP contribution < -0.4 is 0 Å². The van der Waals surface area contributed by atoms with Gasteiger partial charge in [-0.15, -0.1) is 0 Å². The minimum Gasteiger partial charge on any atom is -0.0687 e. The second kappa shape index (κ2) is 8.98. The molecule has 0 atom stereocenters. The summed E-state index contributed by atoms with van der Waals surface area (Å²) in [6, 6.07) is 8.34. The fourth-order valence-corrected chi connectivity index (χ4v) is 1.33. The van der Waals surface area contributed by atoms with E-state index in [0.717, 1.165) is 5.56 Å². The predicted octanol–water partition coefficient (Wildman–Crippen LogP) is 4.85. The van der Waals surface area contributed by atoms with Gasteiger partial charge in [0.25, 0.3) is 0 Å². The molecule has 0 bridgehead atoms. The van der Waals surface area contributed by atoms with E-state index in [-0.39, 0.29) is 0 Å². The standard InChI is InChI=1S/C20H14/c1-4-5-6-7-8-9-10-11-12-13-19-14-16-20(17-15-19)18(2)3/h13-18H,1H2,2-3H3. The van der Waals surface area contributed by atoms with Crippen molar-refractivity contribution in [3.63, 3.8) is 0 Å². The number of benzene rings is 1. The van der Waals surface area contributed by atoms with Crippen molar-refractivity contribution in [3.8, 4) is 0 Å². The van der Waals surface area contributed by atoms with E-state index >= 15 is 0 Å². The first-order chi connectivity index (χ1) is 9.74. The lowest BCUT2D eigenvalue weighted by atomic mass is 10.0. The van der Waals surface area contributed by atoms with E-state index in [1.807, 2.05) is 6.08 Å². The van der Waals surface area contributed by atoms with Gasteiger partial charge in [0.05, 0.1) is 0 Å². The van der Waals surface area contributed by atoms with E-state index in [2.05, 4.69) is 96.3 Å². The zero-order valence-electron chi connectivity index (χ0n) is 11.7. The Hall–Kier alpha value is -3.02. The highest BCUT2D eigenvalue weighted by Crippen LogP contribution is 2.14. The average Bonchev–Trinajstić information content (AvgIpc) is 2.46. The molecule has 0 radical (unpaired) electrons. The summed E-state index contributed by atoms with van der Waals surface area (Å²) < 4.78 is 0. The van der Waals surface area contributed by atoms with Crippen LogP contribution in [0.15, 0.2) is 82.4 Å². The summed E-state index contributed by atoms with van der Waals surface area (Å²) in [5.74, 6) is 0.543. The highest BCUT2D eigenvalue weighted by atomic mass is 14.0. The monoisotopic (exact) mass is 254 g/mol. The van der Waals surface area contributed by atoms with Crippen LogP contribution in [0.2, 0.25) is 0 Å². The SMILES string of the molecule is C=C=C=C=C=C=C=C=C=C=Cc1ccc(C(C)C)cc1. The van der Waals surface area contributed by atoms with Gasteiger partial charge >= 0.3 is 0 Å². The Morgan fingerprint density at radius 1 is 0.850 bits per heavy atom. The molecular formula is C20H14. The summed E-state index contributed by atoms with van der Waals surface area (Å²) in [5.41, 5.74) is 25.8. The predicted molar refractivity (Wildman–Crippen MR) is 82.2 cm³/mol. The molecule has 1 aromatic rings. The first kappa shape index (κ1) is 15.0. The van der Waals surface area contributed by atoms with Crippen molar-refractivity contribution in [2.24, 2.45) is 0 Å². The third-order valence-electron chi connectivity index (χ3n) is 2.38. The molecule has 0 nitrogen and oxygen atoms in total. The van der Waals surface area contributed by atoms with Gasteiger partial charge in [-0.25, -0.2) is 0 Å². The molecule has 0 saturated carbocycles. The van der Waals surface area contributed by atoms with Gasteiger partial charge in [0, 0.05) is 0 Å². The summed E-state index contributed by atoms with van der Waals surface area (Å²) in [7, 11) is 0. The van der Waals surface area contributed by atoms with E-state index in [9.17, 15) is 0 Å². The van der Waals surface area contributed by atoms with Gasteiger partial charge < -0.3 is 0 Å². The molecule has 0 aliphatic carbocycles. The van der Waals surface area contributed by atoms with Crippen LogP contribution in [-0.4, -0.2) is 0 Å². The Kier molecular flexibility index (Phi) is 6.75. The Labute approximate surface area is 120 Å². The molecule has 20 heavy (non-hydrogen) atoms. The first-order valence-electron chi connectivity index (χ1n) is 6.20. The van der Waals surface area contributed by atoms with Crippen LogP contribution >= 0.6 is 0 Å². The molecule has 0 saturated heterocycles. The lowest BCUT2D eigenvalue weighted by molar-refractivity contribution is 0.866. The van der Waals surface area contributed by atoms with Crippen molar-refractivity contribution >= 4 is 6.08 Å². The fraction of sp³-hybridized carbons (Fsp3) is 0.150. The lowest BCUT2D eigenvalue weighted by Crippen LogP contribution is -1.85. The summed E-state index contributed by atoms with van der Waals surface area (Å²) in [5, 5.41) is 0.